The van der Waals surface area contributed by atoms with E-state index in [1.54, 1.807) is 6.07 Å². The Balaban J connectivity index is 2.02. The Hall–Kier alpha value is -1.82. The van der Waals surface area contributed by atoms with Crippen molar-refractivity contribution in [2.75, 3.05) is 18.5 Å². The first-order valence-electron chi connectivity index (χ1n) is 6.01. The molecule has 1 aliphatic heterocycles. The minimum atomic E-state index is -0.439. The number of benzene rings is 1. The van der Waals surface area contributed by atoms with Gasteiger partial charge in [-0.2, -0.15) is 0 Å². The second-order valence-electron chi connectivity index (χ2n) is 4.09. The first kappa shape index (κ1) is 12.6. The highest BCUT2D eigenvalue weighted by atomic mass is 16.7. The van der Waals surface area contributed by atoms with Gasteiger partial charge in [-0.25, -0.2) is 0 Å². The molecule has 0 spiro atoms. The van der Waals surface area contributed by atoms with Gasteiger partial charge < -0.3 is 14.8 Å². The third kappa shape index (κ3) is 2.89. The fourth-order valence-electron chi connectivity index (χ4n) is 1.70. The lowest BCUT2D eigenvalue weighted by Crippen LogP contribution is -2.33. The molecule has 1 atom stereocenters. The Bertz CT molecular complexity index is 436. The highest BCUT2D eigenvalue weighted by Gasteiger charge is 2.21. The molecular formula is C12H16N2O4. The van der Waals surface area contributed by atoms with Gasteiger partial charge in [0.15, 0.2) is 5.75 Å². The van der Waals surface area contributed by atoms with Gasteiger partial charge in [0, 0.05) is 6.07 Å². The van der Waals surface area contributed by atoms with E-state index < -0.39 is 4.92 Å². The predicted molar refractivity (Wildman–Crippen MR) is 66.9 cm³/mol. The monoisotopic (exact) mass is 252 g/mol. The molecule has 0 aromatic heterocycles. The largest absolute Gasteiger partial charge is 0.461 e. The molecule has 0 fully saturated rings. The summed E-state index contributed by atoms with van der Waals surface area (Å²) in [5.41, 5.74) is 0.778. The number of nitrogens with one attached hydrogen (secondary N) is 1. The standard InChI is InChI=1S/C12H16N2O4/c1-2-3-6-17-12-8-13-10-5-4-9(14(15)16)7-11(10)18-12/h4-5,7,12-13H,2-3,6,8H2,1H3/t12-/m0/s1. The summed E-state index contributed by atoms with van der Waals surface area (Å²) < 4.78 is 11.1. The second-order valence-corrected chi connectivity index (χ2v) is 4.09. The normalized spacial score (nSPS) is 17.5. The maximum absolute atomic E-state index is 10.7. The molecule has 0 aliphatic carbocycles. The fourth-order valence-corrected chi connectivity index (χ4v) is 1.70. The topological polar surface area (TPSA) is 73.6 Å². The van der Waals surface area contributed by atoms with E-state index in [4.69, 9.17) is 9.47 Å². The zero-order valence-electron chi connectivity index (χ0n) is 10.2. The van der Waals surface area contributed by atoms with Crippen LogP contribution in [0.15, 0.2) is 18.2 Å². The van der Waals surface area contributed by atoms with Crippen LogP contribution in [0, 0.1) is 10.1 Å². The van der Waals surface area contributed by atoms with E-state index in [1.165, 1.54) is 12.1 Å². The van der Waals surface area contributed by atoms with Crippen molar-refractivity contribution >= 4 is 11.4 Å². The Morgan fingerprint density at radius 1 is 1.61 bits per heavy atom. The van der Waals surface area contributed by atoms with Gasteiger partial charge in [0.25, 0.3) is 5.69 Å². The van der Waals surface area contributed by atoms with Crippen LogP contribution in [-0.2, 0) is 4.74 Å². The van der Waals surface area contributed by atoms with Crippen molar-refractivity contribution in [3.05, 3.63) is 28.3 Å². The molecule has 18 heavy (non-hydrogen) atoms. The summed E-state index contributed by atoms with van der Waals surface area (Å²) in [6, 6.07) is 4.51. The van der Waals surface area contributed by atoms with Gasteiger partial charge in [0.2, 0.25) is 6.29 Å². The molecule has 1 aromatic rings. The number of nitro benzene ring substituents is 1. The van der Waals surface area contributed by atoms with E-state index in [-0.39, 0.29) is 12.0 Å². The van der Waals surface area contributed by atoms with Crippen LogP contribution in [0.1, 0.15) is 19.8 Å². The molecule has 2 rings (SSSR count). The average molecular weight is 252 g/mol. The smallest absolute Gasteiger partial charge is 0.273 e. The summed E-state index contributed by atoms with van der Waals surface area (Å²) in [5, 5.41) is 13.8. The van der Waals surface area contributed by atoms with Gasteiger partial charge >= 0.3 is 0 Å². The Morgan fingerprint density at radius 2 is 2.44 bits per heavy atom. The van der Waals surface area contributed by atoms with Gasteiger partial charge in [0.1, 0.15) is 0 Å². The first-order chi connectivity index (χ1) is 8.70. The summed E-state index contributed by atoms with van der Waals surface area (Å²) in [6.07, 6.45) is 1.65. The van der Waals surface area contributed by atoms with Crippen LogP contribution in [0.5, 0.6) is 5.75 Å². The molecule has 1 aliphatic rings. The molecular weight excluding hydrogens is 236 g/mol. The quantitative estimate of drug-likeness (QED) is 0.495. The number of unbranched alkanes of at least 4 members (excludes halogenated alkanes) is 1. The Kier molecular flexibility index (Phi) is 3.99. The molecule has 6 nitrogen and oxygen atoms in total. The SMILES string of the molecule is CCCCO[C@@H]1CNc2ccc([N+](=O)[O-])cc2O1. The van der Waals surface area contributed by atoms with Crippen LogP contribution in [0.2, 0.25) is 0 Å². The molecule has 0 unspecified atom stereocenters. The molecule has 0 radical (unpaired) electrons. The number of anilines is 1. The fraction of sp³-hybridized carbons (Fsp3) is 0.500. The van der Waals surface area contributed by atoms with Crippen molar-refractivity contribution in [3.8, 4) is 5.75 Å². The highest BCUT2D eigenvalue weighted by molar-refractivity contribution is 5.61. The molecule has 1 heterocycles. The minimum absolute atomic E-state index is 0.0183. The number of non-ortho nitro benzene ring substituents is 1. The van der Waals surface area contributed by atoms with Crippen LogP contribution in [0.3, 0.4) is 0 Å². The van der Waals surface area contributed by atoms with Gasteiger partial charge in [0.05, 0.1) is 29.8 Å². The number of nitrogens with zero attached hydrogens (tertiary/aromatic N) is 1. The molecule has 0 bridgehead atoms. The van der Waals surface area contributed by atoms with Gasteiger partial charge in [-0.05, 0) is 12.5 Å². The molecule has 98 valence electrons. The second kappa shape index (κ2) is 5.68. The van der Waals surface area contributed by atoms with Crippen LogP contribution in [0.4, 0.5) is 11.4 Å². The van der Waals surface area contributed by atoms with Gasteiger partial charge in [-0.1, -0.05) is 13.3 Å². The van der Waals surface area contributed by atoms with Crippen molar-refractivity contribution in [1.82, 2.24) is 0 Å². The Labute approximate surface area is 105 Å². The van der Waals surface area contributed by atoms with E-state index in [0.717, 1.165) is 18.5 Å². The van der Waals surface area contributed by atoms with Crippen molar-refractivity contribution in [1.29, 1.82) is 0 Å². The summed E-state index contributed by atoms with van der Waals surface area (Å²) >= 11 is 0. The van der Waals surface area contributed by atoms with Crippen LogP contribution >= 0.6 is 0 Å². The number of rotatable bonds is 5. The van der Waals surface area contributed by atoms with Crippen molar-refractivity contribution in [2.45, 2.75) is 26.1 Å². The molecule has 1 aromatic carbocycles. The maximum atomic E-state index is 10.7. The number of nitro groups is 1. The number of hydrogen-bond acceptors (Lipinski definition) is 5. The van der Waals surface area contributed by atoms with Gasteiger partial charge in [-0.15, -0.1) is 0 Å². The maximum Gasteiger partial charge on any atom is 0.273 e. The van der Waals surface area contributed by atoms with E-state index in [2.05, 4.69) is 12.2 Å². The summed E-state index contributed by atoms with van der Waals surface area (Å²) in [6.45, 7) is 3.27. The predicted octanol–water partition coefficient (Wildman–Crippen LogP) is 2.54. The third-order valence-corrected chi connectivity index (χ3v) is 2.70. The van der Waals surface area contributed by atoms with E-state index in [9.17, 15) is 10.1 Å². The lowest BCUT2D eigenvalue weighted by atomic mass is 10.2. The molecule has 0 saturated heterocycles. The van der Waals surface area contributed by atoms with Crippen molar-refractivity contribution in [3.63, 3.8) is 0 Å². The lowest BCUT2D eigenvalue weighted by Gasteiger charge is -2.26. The summed E-state index contributed by atoms with van der Waals surface area (Å²) in [4.78, 5) is 10.2. The molecule has 6 heteroatoms. The summed E-state index contributed by atoms with van der Waals surface area (Å²) in [5.74, 6) is 0.469. The minimum Gasteiger partial charge on any atom is -0.461 e. The van der Waals surface area contributed by atoms with E-state index in [1.807, 2.05) is 0 Å². The van der Waals surface area contributed by atoms with E-state index >= 15 is 0 Å². The van der Waals surface area contributed by atoms with Gasteiger partial charge in [-0.3, -0.25) is 10.1 Å². The van der Waals surface area contributed by atoms with Crippen LogP contribution in [-0.4, -0.2) is 24.4 Å². The number of ether oxygens (including phenoxy) is 2. The zero-order valence-corrected chi connectivity index (χ0v) is 10.2. The van der Waals surface area contributed by atoms with Crippen LogP contribution < -0.4 is 10.1 Å². The molecule has 0 saturated carbocycles. The van der Waals surface area contributed by atoms with Crippen molar-refractivity contribution in [2.24, 2.45) is 0 Å². The summed E-state index contributed by atoms with van der Waals surface area (Å²) in [7, 11) is 0. The number of hydrogen-bond donors (Lipinski definition) is 1. The molecule has 0 amide bonds. The highest BCUT2D eigenvalue weighted by Crippen LogP contribution is 2.32. The average Bonchev–Trinajstić information content (AvgIpc) is 2.38. The third-order valence-electron chi connectivity index (χ3n) is 2.70. The lowest BCUT2D eigenvalue weighted by molar-refractivity contribution is -0.385. The number of fused-ring (bicyclic) bond motifs is 1. The molecule has 1 N–H and O–H groups in total. The van der Waals surface area contributed by atoms with Crippen LogP contribution in [0.25, 0.3) is 0 Å². The van der Waals surface area contributed by atoms with E-state index in [0.29, 0.717) is 18.9 Å². The van der Waals surface area contributed by atoms with Crippen molar-refractivity contribution < 1.29 is 14.4 Å². The zero-order chi connectivity index (χ0) is 13.0. The Morgan fingerprint density at radius 3 is 3.17 bits per heavy atom. The first-order valence-corrected chi connectivity index (χ1v) is 6.01.